The van der Waals surface area contributed by atoms with Crippen molar-refractivity contribution < 1.29 is 24.2 Å². The minimum Gasteiger partial charge on any atom is -0.506 e. The Bertz CT molecular complexity index is 752. The minimum atomic E-state index is -0.680. The topological polar surface area (TPSA) is 72.8 Å². The third-order valence-corrected chi connectivity index (χ3v) is 3.72. The molecule has 0 saturated carbocycles. The van der Waals surface area contributed by atoms with Gasteiger partial charge in [-0.25, -0.2) is 9.59 Å². The quantitative estimate of drug-likeness (QED) is 0.882. The third-order valence-electron chi connectivity index (χ3n) is 3.72. The van der Waals surface area contributed by atoms with Crippen molar-refractivity contribution >= 4 is 11.9 Å². The number of carbonyl (C=O) groups is 2. The Morgan fingerprint density at radius 2 is 2.00 bits per heavy atom. The van der Waals surface area contributed by atoms with Gasteiger partial charge in [0.25, 0.3) is 0 Å². The van der Waals surface area contributed by atoms with Crippen LogP contribution < -0.4 is 0 Å². The molecule has 3 rings (SSSR count). The van der Waals surface area contributed by atoms with Crippen LogP contribution in [-0.2, 0) is 22.5 Å². The van der Waals surface area contributed by atoms with Gasteiger partial charge in [0.2, 0.25) is 0 Å². The van der Waals surface area contributed by atoms with Gasteiger partial charge in [0.05, 0.1) is 0 Å². The summed E-state index contributed by atoms with van der Waals surface area (Å²) >= 11 is 0. The lowest BCUT2D eigenvalue weighted by Gasteiger charge is -2.23. The number of phenolic OH excluding ortho intramolecular Hbond substituents is 1. The molecule has 1 aliphatic rings. The highest BCUT2D eigenvalue weighted by molar-refractivity contribution is 6.01. The number of benzene rings is 2. The fourth-order valence-corrected chi connectivity index (χ4v) is 2.59. The maximum Gasteiger partial charge on any atom is 0.342 e. The van der Waals surface area contributed by atoms with E-state index in [0.29, 0.717) is 12.0 Å². The molecular weight excluding hydrogens is 296 g/mol. The van der Waals surface area contributed by atoms with E-state index < -0.39 is 11.9 Å². The standard InChI is InChI=1S/C18H16O5/c1-11-9-13-7-8-14(16(19)15(13)18(21)23-11)17(20)22-10-12-5-3-2-4-6-12/h2-8,11,19H,9-10H2,1H3. The zero-order valence-electron chi connectivity index (χ0n) is 12.6. The largest absolute Gasteiger partial charge is 0.506 e. The van der Waals surface area contributed by atoms with Crippen LogP contribution in [0.1, 0.15) is 38.8 Å². The maximum atomic E-state index is 12.2. The fourth-order valence-electron chi connectivity index (χ4n) is 2.59. The van der Waals surface area contributed by atoms with Crippen LogP contribution in [0.4, 0.5) is 0 Å². The van der Waals surface area contributed by atoms with Gasteiger partial charge in [-0.3, -0.25) is 0 Å². The van der Waals surface area contributed by atoms with Gasteiger partial charge in [-0.05, 0) is 24.1 Å². The summed E-state index contributed by atoms with van der Waals surface area (Å²) in [5, 5.41) is 10.3. The lowest BCUT2D eigenvalue weighted by molar-refractivity contribution is 0.0297. The van der Waals surface area contributed by atoms with Gasteiger partial charge in [0.1, 0.15) is 29.6 Å². The molecule has 2 aromatic carbocycles. The molecule has 1 atom stereocenters. The summed E-state index contributed by atoms with van der Waals surface area (Å²) in [7, 11) is 0. The van der Waals surface area contributed by atoms with Crippen LogP contribution in [0.3, 0.4) is 0 Å². The Morgan fingerprint density at radius 3 is 2.74 bits per heavy atom. The molecule has 5 nitrogen and oxygen atoms in total. The normalized spacial score (nSPS) is 16.4. The van der Waals surface area contributed by atoms with Gasteiger partial charge in [-0.1, -0.05) is 36.4 Å². The molecule has 1 heterocycles. The van der Waals surface area contributed by atoms with Crippen LogP contribution >= 0.6 is 0 Å². The summed E-state index contributed by atoms with van der Waals surface area (Å²) in [6.07, 6.45) is 0.263. The van der Waals surface area contributed by atoms with Crippen molar-refractivity contribution in [1.29, 1.82) is 0 Å². The summed E-state index contributed by atoms with van der Waals surface area (Å²) in [6, 6.07) is 12.4. The van der Waals surface area contributed by atoms with Gasteiger partial charge in [-0.2, -0.15) is 0 Å². The Labute approximate surface area is 133 Å². The highest BCUT2D eigenvalue weighted by Gasteiger charge is 2.29. The van der Waals surface area contributed by atoms with E-state index in [0.717, 1.165) is 5.56 Å². The first-order valence-electron chi connectivity index (χ1n) is 7.33. The van der Waals surface area contributed by atoms with Gasteiger partial charge in [0, 0.05) is 6.42 Å². The summed E-state index contributed by atoms with van der Waals surface area (Å²) in [4.78, 5) is 24.1. The van der Waals surface area contributed by atoms with E-state index >= 15 is 0 Å². The molecule has 2 aromatic rings. The van der Waals surface area contributed by atoms with E-state index in [2.05, 4.69) is 0 Å². The van der Waals surface area contributed by atoms with E-state index in [-0.39, 0.29) is 29.6 Å². The molecule has 5 heteroatoms. The van der Waals surface area contributed by atoms with Crippen LogP contribution in [-0.4, -0.2) is 23.1 Å². The van der Waals surface area contributed by atoms with Crippen molar-refractivity contribution in [2.24, 2.45) is 0 Å². The number of aromatic hydroxyl groups is 1. The second kappa shape index (κ2) is 6.12. The molecule has 118 valence electrons. The predicted molar refractivity (Wildman–Crippen MR) is 82.2 cm³/mol. The van der Waals surface area contributed by atoms with Gasteiger partial charge >= 0.3 is 11.9 Å². The van der Waals surface area contributed by atoms with E-state index in [9.17, 15) is 14.7 Å². The molecule has 0 saturated heterocycles. The Morgan fingerprint density at radius 1 is 1.26 bits per heavy atom. The van der Waals surface area contributed by atoms with Crippen LogP contribution in [0.15, 0.2) is 42.5 Å². The number of ether oxygens (including phenoxy) is 2. The molecular formula is C18H16O5. The van der Waals surface area contributed by atoms with Crippen molar-refractivity contribution in [1.82, 2.24) is 0 Å². The molecule has 1 aliphatic heterocycles. The molecule has 0 aromatic heterocycles. The molecule has 0 radical (unpaired) electrons. The minimum absolute atomic E-state index is 0.0359. The lowest BCUT2D eigenvalue weighted by atomic mass is 9.95. The zero-order chi connectivity index (χ0) is 16.4. The Kier molecular flexibility index (Phi) is 4.02. The summed E-state index contributed by atoms with van der Waals surface area (Å²) in [6.45, 7) is 1.87. The first-order chi connectivity index (χ1) is 11.1. The van der Waals surface area contributed by atoms with Crippen molar-refractivity contribution in [2.45, 2.75) is 26.1 Å². The lowest BCUT2D eigenvalue weighted by Crippen LogP contribution is -2.25. The van der Waals surface area contributed by atoms with Gasteiger partial charge in [0.15, 0.2) is 0 Å². The smallest absolute Gasteiger partial charge is 0.342 e. The van der Waals surface area contributed by atoms with Crippen molar-refractivity contribution in [3.05, 3.63) is 64.7 Å². The number of hydrogen-bond acceptors (Lipinski definition) is 5. The van der Waals surface area contributed by atoms with E-state index in [1.165, 1.54) is 6.07 Å². The fraction of sp³-hybridized carbons (Fsp3) is 0.222. The molecule has 0 aliphatic carbocycles. The highest BCUT2D eigenvalue weighted by atomic mass is 16.5. The second-order valence-electron chi connectivity index (χ2n) is 5.48. The number of hydrogen-bond donors (Lipinski definition) is 1. The molecule has 1 N–H and O–H groups in total. The number of cyclic esters (lactones) is 1. The Hall–Kier alpha value is -2.82. The van der Waals surface area contributed by atoms with E-state index in [4.69, 9.17) is 9.47 Å². The molecule has 23 heavy (non-hydrogen) atoms. The highest BCUT2D eigenvalue weighted by Crippen LogP contribution is 2.32. The SMILES string of the molecule is CC1Cc2ccc(C(=O)OCc3ccccc3)c(O)c2C(=O)O1. The average molecular weight is 312 g/mol. The molecule has 0 spiro atoms. The first kappa shape index (κ1) is 15.1. The van der Waals surface area contributed by atoms with Crippen molar-refractivity contribution in [3.8, 4) is 5.75 Å². The third kappa shape index (κ3) is 3.04. The number of fused-ring (bicyclic) bond motifs is 1. The van der Waals surface area contributed by atoms with E-state index in [1.807, 2.05) is 30.3 Å². The Balaban J connectivity index is 1.82. The number of phenols is 1. The molecule has 0 bridgehead atoms. The zero-order valence-corrected chi connectivity index (χ0v) is 12.6. The van der Waals surface area contributed by atoms with Gasteiger partial charge < -0.3 is 14.6 Å². The summed E-state index contributed by atoms with van der Waals surface area (Å²) in [5.41, 5.74) is 1.53. The second-order valence-corrected chi connectivity index (χ2v) is 5.48. The van der Waals surface area contributed by atoms with Crippen LogP contribution in [0.25, 0.3) is 0 Å². The van der Waals surface area contributed by atoms with Gasteiger partial charge in [-0.15, -0.1) is 0 Å². The monoisotopic (exact) mass is 312 g/mol. The average Bonchev–Trinajstić information content (AvgIpc) is 2.53. The number of carbonyl (C=O) groups excluding carboxylic acids is 2. The predicted octanol–water partition coefficient (Wildman–Crippen LogP) is 2.85. The summed E-state index contributed by atoms with van der Waals surface area (Å²) < 4.78 is 10.3. The molecule has 1 unspecified atom stereocenters. The number of esters is 2. The van der Waals surface area contributed by atoms with Crippen molar-refractivity contribution in [2.75, 3.05) is 0 Å². The van der Waals surface area contributed by atoms with Crippen molar-refractivity contribution in [3.63, 3.8) is 0 Å². The molecule has 0 amide bonds. The van der Waals surface area contributed by atoms with E-state index in [1.54, 1.807) is 13.0 Å². The van der Waals surface area contributed by atoms with Crippen LogP contribution in [0.2, 0.25) is 0 Å². The first-order valence-corrected chi connectivity index (χ1v) is 7.33. The summed E-state index contributed by atoms with van der Waals surface area (Å²) in [5.74, 6) is -1.67. The van der Waals surface area contributed by atoms with Crippen LogP contribution in [0.5, 0.6) is 5.75 Å². The maximum absolute atomic E-state index is 12.2. The molecule has 0 fully saturated rings. The number of rotatable bonds is 3. The van der Waals surface area contributed by atoms with Crippen LogP contribution in [0, 0.1) is 0 Å².